The van der Waals surface area contributed by atoms with Gasteiger partial charge in [-0.15, -0.1) is 6.58 Å². The van der Waals surface area contributed by atoms with Crippen molar-refractivity contribution in [2.45, 2.75) is 6.10 Å². The Hall–Kier alpha value is -0.420. The summed E-state index contributed by atoms with van der Waals surface area (Å²) in [6, 6.07) is 0. The first-order valence-electron chi connectivity index (χ1n) is 2.88. The summed E-state index contributed by atoms with van der Waals surface area (Å²) in [6.45, 7) is 6.33. The Morgan fingerprint density at radius 2 is 2.20 bits per heavy atom. The molecule has 1 atom stereocenters. The van der Waals surface area contributed by atoms with E-state index >= 15 is 0 Å². The molecule has 0 spiro atoms. The van der Waals surface area contributed by atoms with Crippen LogP contribution in [-0.2, 0) is 4.74 Å². The Morgan fingerprint density at radius 3 is 2.50 bits per heavy atom. The zero-order valence-corrected chi connectivity index (χ0v) is 6.31. The van der Waals surface area contributed by atoms with E-state index in [1.165, 1.54) is 0 Å². The van der Waals surface area contributed by atoms with Crippen molar-refractivity contribution in [3.05, 3.63) is 12.7 Å². The molecule has 0 aromatic heterocycles. The molecule has 4 heteroatoms. The van der Waals surface area contributed by atoms with Crippen LogP contribution in [-0.4, -0.2) is 25.8 Å². The third-order valence-corrected chi connectivity index (χ3v) is 1.22. The summed E-state index contributed by atoms with van der Waals surface area (Å²) < 4.78 is 5.25. The van der Waals surface area contributed by atoms with Gasteiger partial charge in [-0.1, -0.05) is 6.08 Å². The molecule has 0 aromatic rings. The zero-order chi connectivity index (χ0) is 5.82. The topological polar surface area (TPSA) is 91.3 Å². The molecule has 4 nitrogen and oxygen atoms in total. The average Bonchev–Trinajstić information content (AvgIpc) is 1.90. The third-order valence-electron chi connectivity index (χ3n) is 1.22. The van der Waals surface area contributed by atoms with Gasteiger partial charge in [0.1, 0.15) is 0 Å². The molecule has 0 saturated carbocycles. The predicted octanol–water partition coefficient (Wildman–Crippen LogP) is 0.485. The summed E-state index contributed by atoms with van der Waals surface area (Å²) in [6.07, 6.45) is 2.07. The second-order valence-electron chi connectivity index (χ2n) is 1.85. The van der Waals surface area contributed by atoms with Gasteiger partial charge in [-0.2, -0.15) is 0 Å². The first kappa shape index (κ1) is 12.3. The van der Waals surface area contributed by atoms with Crippen molar-refractivity contribution in [3.8, 4) is 0 Å². The fourth-order valence-corrected chi connectivity index (χ4v) is 0.737. The molecular weight excluding hydrogens is 130 g/mol. The normalized spacial score (nSPS) is 23.8. The van der Waals surface area contributed by atoms with Crippen LogP contribution in [0.2, 0.25) is 0 Å². The van der Waals surface area contributed by atoms with Gasteiger partial charge in [-0.25, -0.2) is 0 Å². The van der Waals surface area contributed by atoms with E-state index in [1.807, 2.05) is 6.08 Å². The van der Waals surface area contributed by atoms with E-state index in [4.69, 9.17) is 4.74 Å². The molecule has 1 heterocycles. The molecule has 0 radical (unpaired) electrons. The van der Waals surface area contributed by atoms with Crippen LogP contribution in [0.3, 0.4) is 0 Å². The van der Waals surface area contributed by atoms with Crippen molar-refractivity contribution < 1.29 is 4.74 Å². The van der Waals surface area contributed by atoms with Crippen LogP contribution in [0.1, 0.15) is 0 Å². The molecule has 0 aromatic carbocycles. The Balaban J connectivity index is 0. The summed E-state index contributed by atoms with van der Waals surface area (Å²) in [5.74, 6) is 0. The van der Waals surface area contributed by atoms with Crippen molar-refractivity contribution >= 4 is 0 Å². The quantitative estimate of drug-likeness (QED) is 0.470. The molecule has 1 fully saturated rings. The molecule has 0 bridgehead atoms. The number of rotatable bonds is 1. The molecule has 0 amide bonds. The van der Waals surface area contributed by atoms with Gasteiger partial charge in [-0.3, -0.25) is 0 Å². The molecule has 7 N–H and O–H groups in total. The van der Waals surface area contributed by atoms with Gasteiger partial charge in [0, 0.05) is 13.1 Å². The Bertz CT molecular complexity index is 81.1. The van der Waals surface area contributed by atoms with Crippen molar-refractivity contribution in [3.63, 3.8) is 0 Å². The standard InChI is InChI=1S/C6H11NO.2H3N/c1-2-6-5-7-3-4-8-6;;/h2,6-7H,1,3-5H2;2*1H3. The summed E-state index contributed by atoms with van der Waals surface area (Å²) in [5, 5.41) is 3.19. The maximum Gasteiger partial charge on any atom is 0.0878 e. The van der Waals surface area contributed by atoms with Gasteiger partial charge in [0.25, 0.3) is 0 Å². The monoisotopic (exact) mass is 147 g/mol. The summed E-state index contributed by atoms with van der Waals surface area (Å²) in [7, 11) is 0. The lowest BCUT2D eigenvalue weighted by molar-refractivity contribution is 0.0594. The number of hydrogen-bond acceptors (Lipinski definition) is 4. The van der Waals surface area contributed by atoms with E-state index in [2.05, 4.69) is 11.9 Å². The highest BCUT2D eigenvalue weighted by molar-refractivity contribution is 4.83. The SMILES string of the molecule is C=CC1CNCCO1.N.N. The van der Waals surface area contributed by atoms with Crippen molar-refractivity contribution in [2.75, 3.05) is 19.7 Å². The van der Waals surface area contributed by atoms with Crippen molar-refractivity contribution in [2.24, 2.45) is 0 Å². The summed E-state index contributed by atoms with van der Waals surface area (Å²) >= 11 is 0. The Labute approximate surface area is 61.8 Å². The number of nitrogens with one attached hydrogen (secondary N) is 1. The Morgan fingerprint density at radius 1 is 1.50 bits per heavy atom. The maximum absolute atomic E-state index is 5.25. The van der Waals surface area contributed by atoms with Crippen LogP contribution in [0.4, 0.5) is 0 Å². The minimum absolute atomic E-state index is 0. The highest BCUT2D eigenvalue weighted by Crippen LogP contribution is 1.94. The second-order valence-corrected chi connectivity index (χ2v) is 1.85. The predicted molar refractivity (Wildman–Crippen MR) is 42.9 cm³/mol. The molecule has 10 heavy (non-hydrogen) atoms. The van der Waals surface area contributed by atoms with Crippen molar-refractivity contribution in [1.29, 1.82) is 0 Å². The zero-order valence-electron chi connectivity index (χ0n) is 6.31. The first-order valence-corrected chi connectivity index (χ1v) is 2.88. The van der Waals surface area contributed by atoms with Gasteiger partial charge in [0.15, 0.2) is 0 Å². The van der Waals surface area contributed by atoms with Crippen LogP contribution in [0.15, 0.2) is 12.7 Å². The van der Waals surface area contributed by atoms with Crippen molar-refractivity contribution in [1.82, 2.24) is 17.6 Å². The largest absolute Gasteiger partial charge is 0.372 e. The van der Waals surface area contributed by atoms with Gasteiger partial charge >= 0.3 is 0 Å². The van der Waals surface area contributed by atoms with Gasteiger partial charge in [0.05, 0.1) is 12.7 Å². The fourth-order valence-electron chi connectivity index (χ4n) is 0.737. The number of ether oxygens (including phenoxy) is 1. The van der Waals surface area contributed by atoms with E-state index in [0.29, 0.717) is 0 Å². The molecule has 1 aliphatic rings. The fraction of sp³-hybridized carbons (Fsp3) is 0.667. The van der Waals surface area contributed by atoms with Crippen LogP contribution in [0, 0.1) is 0 Å². The van der Waals surface area contributed by atoms with E-state index in [1.54, 1.807) is 0 Å². The minimum Gasteiger partial charge on any atom is -0.372 e. The molecule has 62 valence electrons. The molecular formula is C6H17N3O. The summed E-state index contributed by atoms with van der Waals surface area (Å²) in [5.41, 5.74) is 0. The Kier molecular flexibility index (Phi) is 8.22. The lowest BCUT2D eigenvalue weighted by Crippen LogP contribution is -2.37. The first-order chi connectivity index (χ1) is 3.93. The molecule has 1 rings (SSSR count). The molecule has 1 saturated heterocycles. The lowest BCUT2D eigenvalue weighted by atomic mass is 10.3. The van der Waals surface area contributed by atoms with Crippen LogP contribution in [0.5, 0.6) is 0 Å². The minimum atomic E-state index is 0. The van der Waals surface area contributed by atoms with Gasteiger partial charge < -0.3 is 22.4 Å². The van der Waals surface area contributed by atoms with E-state index in [0.717, 1.165) is 19.7 Å². The smallest absolute Gasteiger partial charge is 0.0878 e. The number of morpholine rings is 1. The maximum atomic E-state index is 5.25. The van der Waals surface area contributed by atoms with E-state index < -0.39 is 0 Å². The van der Waals surface area contributed by atoms with E-state index in [-0.39, 0.29) is 18.4 Å². The third kappa shape index (κ3) is 3.58. The van der Waals surface area contributed by atoms with Crippen LogP contribution < -0.4 is 17.6 Å². The molecule has 0 aliphatic carbocycles. The lowest BCUT2D eigenvalue weighted by Gasteiger charge is -2.19. The van der Waals surface area contributed by atoms with Gasteiger partial charge in [-0.05, 0) is 0 Å². The highest BCUT2D eigenvalue weighted by Gasteiger charge is 2.06. The average molecular weight is 147 g/mol. The highest BCUT2D eigenvalue weighted by atomic mass is 16.5. The summed E-state index contributed by atoms with van der Waals surface area (Å²) in [4.78, 5) is 0. The molecule has 1 unspecified atom stereocenters. The van der Waals surface area contributed by atoms with E-state index in [9.17, 15) is 0 Å². The number of hydrogen-bond donors (Lipinski definition) is 3. The van der Waals surface area contributed by atoms with Crippen LogP contribution >= 0.6 is 0 Å². The second kappa shape index (κ2) is 6.70. The van der Waals surface area contributed by atoms with Gasteiger partial charge in [0.2, 0.25) is 0 Å². The van der Waals surface area contributed by atoms with Crippen LogP contribution in [0.25, 0.3) is 0 Å². The molecule has 1 aliphatic heterocycles.